The quantitative estimate of drug-likeness (QED) is 0.914. The summed E-state index contributed by atoms with van der Waals surface area (Å²) in [6, 6.07) is 12.4. The van der Waals surface area contributed by atoms with Crippen molar-refractivity contribution in [1.29, 1.82) is 0 Å². The highest BCUT2D eigenvalue weighted by Gasteiger charge is 2.13. The Morgan fingerprint density at radius 2 is 2.11 bits per heavy atom. The van der Waals surface area contributed by atoms with E-state index >= 15 is 0 Å². The molecule has 2 rings (SSSR count). The molecule has 3 nitrogen and oxygen atoms in total. The third-order valence-electron chi connectivity index (χ3n) is 2.89. The molecule has 0 fully saturated rings. The van der Waals surface area contributed by atoms with E-state index in [1.807, 2.05) is 18.3 Å². The van der Waals surface area contributed by atoms with Crippen LogP contribution < -0.4 is 10.6 Å². The van der Waals surface area contributed by atoms with Gasteiger partial charge in [0.25, 0.3) is 0 Å². The molecule has 1 heterocycles. The fourth-order valence-corrected chi connectivity index (χ4v) is 2.45. The van der Waals surface area contributed by atoms with Crippen molar-refractivity contribution in [3.05, 3.63) is 52.6 Å². The molecule has 0 bridgehead atoms. The van der Waals surface area contributed by atoms with Crippen LogP contribution in [0.3, 0.4) is 0 Å². The van der Waals surface area contributed by atoms with E-state index in [1.165, 1.54) is 5.56 Å². The molecular weight excluding hydrogens is 302 g/mol. The highest BCUT2D eigenvalue weighted by Crippen LogP contribution is 2.30. The van der Waals surface area contributed by atoms with Gasteiger partial charge in [0.05, 0.1) is 4.47 Å². The smallest absolute Gasteiger partial charge is 0.147 e. The van der Waals surface area contributed by atoms with E-state index in [2.05, 4.69) is 57.0 Å². The van der Waals surface area contributed by atoms with E-state index in [9.17, 15) is 0 Å². The van der Waals surface area contributed by atoms with Crippen molar-refractivity contribution < 1.29 is 0 Å². The van der Waals surface area contributed by atoms with Crippen LogP contribution in [0.25, 0.3) is 0 Å². The predicted molar refractivity (Wildman–Crippen MR) is 83.8 cm³/mol. The summed E-state index contributed by atoms with van der Waals surface area (Å²) < 4.78 is 0.994. The zero-order valence-electron chi connectivity index (χ0n) is 11.0. The molecule has 0 atom stereocenters. The molecule has 1 aromatic carbocycles. The summed E-state index contributed by atoms with van der Waals surface area (Å²) in [6.07, 6.45) is 2.74. The Labute approximate surface area is 122 Å². The average Bonchev–Trinajstić information content (AvgIpc) is 2.41. The molecule has 1 aromatic heterocycles. The Kier molecular flexibility index (Phi) is 4.93. The predicted octanol–water partition coefficient (Wildman–Crippen LogP) is 3.64. The zero-order valence-corrected chi connectivity index (χ0v) is 12.6. The first-order chi connectivity index (χ1) is 9.22. The molecule has 0 aliphatic carbocycles. The number of anilines is 2. The highest BCUT2D eigenvalue weighted by atomic mass is 79.9. The van der Waals surface area contributed by atoms with E-state index in [0.717, 1.165) is 28.9 Å². The lowest BCUT2D eigenvalue weighted by Gasteiger charge is -2.25. The molecule has 0 radical (unpaired) electrons. The molecule has 0 saturated carbocycles. The summed E-state index contributed by atoms with van der Waals surface area (Å²) in [4.78, 5) is 6.67. The van der Waals surface area contributed by atoms with Crippen LogP contribution in [0.4, 0.5) is 11.5 Å². The summed E-state index contributed by atoms with van der Waals surface area (Å²) in [5.41, 5.74) is 8.03. The van der Waals surface area contributed by atoms with Gasteiger partial charge in [0.1, 0.15) is 5.82 Å². The van der Waals surface area contributed by atoms with Crippen LogP contribution in [0, 0.1) is 6.92 Å². The Hall–Kier alpha value is -1.39. The van der Waals surface area contributed by atoms with Gasteiger partial charge in [-0.1, -0.05) is 12.1 Å². The topological polar surface area (TPSA) is 42.1 Å². The summed E-state index contributed by atoms with van der Waals surface area (Å²) in [5, 5.41) is 0. The van der Waals surface area contributed by atoms with Gasteiger partial charge in [0, 0.05) is 18.4 Å². The minimum absolute atomic E-state index is 0.673. The number of aryl methyl sites for hydroxylation is 1. The standard InChI is InChI=1S/C15H18BrN3/c1-12-5-2-6-13(11-12)19(10-4-8-17)15-14(16)7-3-9-18-15/h2-3,5-7,9,11H,4,8,10,17H2,1H3. The van der Waals surface area contributed by atoms with Crippen molar-refractivity contribution in [2.45, 2.75) is 13.3 Å². The maximum absolute atomic E-state index is 5.64. The van der Waals surface area contributed by atoms with Crippen molar-refractivity contribution >= 4 is 27.4 Å². The second-order valence-electron chi connectivity index (χ2n) is 4.44. The first kappa shape index (κ1) is 14.0. The van der Waals surface area contributed by atoms with Gasteiger partial charge in [-0.15, -0.1) is 0 Å². The summed E-state index contributed by atoms with van der Waals surface area (Å²) in [7, 11) is 0. The Morgan fingerprint density at radius 1 is 1.26 bits per heavy atom. The summed E-state index contributed by atoms with van der Waals surface area (Å²) in [5.74, 6) is 0.932. The summed E-state index contributed by atoms with van der Waals surface area (Å²) in [6.45, 7) is 3.63. The maximum atomic E-state index is 5.64. The first-order valence-corrected chi connectivity index (χ1v) is 7.16. The monoisotopic (exact) mass is 319 g/mol. The van der Waals surface area contributed by atoms with Gasteiger partial charge in [0.15, 0.2) is 0 Å². The van der Waals surface area contributed by atoms with Gasteiger partial charge < -0.3 is 10.6 Å². The van der Waals surface area contributed by atoms with Gasteiger partial charge in [-0.25, -0.2) is 4.98 Å². The van der Waals surface area contributed by atoms with Gasteiger partial charge in [-0.3, -0.25) is 0 Å². The SMILES string of the molecule is Cc1cccc(N(CCCN)c2ncccc2Br)c1. The van der Waals surface area contributed by atoms with Crippen LogP contribution in [0.5, 0.6) is 0 Å². The number of hydrogen-bond donors (Lipinski definition) is 1. The van der Waals surface area contributed by atoms with Crippen LogP contribution in [0.15, 0.2) is 47.1 Å². The minimum atomic E-state index is 0.673. The number of pyridine rings is 1. The highest BCUT2D eigenvalue weighted by molar-refractivity contribution is 9.10. The normalized spacial score (nSPS) is 10.5. The van der Waals surface area contributed by atoms with Crippen molar-refractivity contribution in [3.63, 3.8) is 0 Å². The number of halogens is 1. The third-order valence-corrected chi connectivity index (χ3v) is 3.51. The third kappa shape index (κ3) is 3.55. The van der Waals surface area contributed by atoms with Gasteiger partial charge in [-0.2, -0.15) is 0 Å². The van der Waals surface area contributed by atoms with E-state index in [0.29, 0.717) is 6.54 Å². The van der Waals surface area contributed by atoms with Crippen LogP contribution >= 0.6 is 15.9 Å². The molecule has 2 aromatic rings. The molecule has 0 spiro atoms. The largest absolute Gasteiger partial charge is 0.330 e. The molecule has 4 heteroatoms. The first-order valence-electron chi connectivity index (χ1n) is 6.37. The van der Waals surface area contributed by atoms with E-state index in [4.69, 9.17) is 5.73 Å². The molecular formula is C15H18BrN3. The van der Waals surface area contributed by atoms with Crippen molar-refractivity contribution in [2.24, 2.45) is 5.73 Å². The number of rotatable bonds is 5. The molecule has 0 unspecified atom stereocenters. The Bertz CT molecular complexity index is 542. The zero-order chi connectivity index (χ0) is 13.7. The lowest BCUT2D eigenvalue weighted by Crippen LogP contribution is -2.22. The Balaban J connectivity index is 2.38. The number of nitrogens with zero attached hydrogens (tertiary/aromatic N) is 2. The number of aromatic nitrogens is 1. The van der Waals surface area contributed by atoms with Crippen LogP contribution in [-0.4, -0.2) is 18.1 Å². The second-order valence-corrected chi connectivity index (χ2v) is 5.30. The molecule has 100 valence electrons. The van der Waals surface area contributed by atoms with Crippen molar-refractivity contribution in [3.8, 4) is 0 Å². The molecule has 0 amide bonds. The second kappa shape index (κ2) is 6.68. The molecule has 0 aliphatic rings. The Morgan fingerprint density at radius 3 is 2.79 bits per heavy atom. The maximum Gasteiger partial charge on any atom is 0.147 e. The van der Waals surface area contributed by atoms with Crippen LogP contribution in [0.1, 0.15) is 12.0 Å². The van der Waals surface area contributed by atoms with Gasteiger partial charge in [-0.05, 0) is 65.6 Å². The molecule has 0 saturated heterocycles. The lowest BCUT2D eigenvalue weighted by atomic mass is 10.2. The molecule has 19 heavy (non-hydrogen) atoms. The van der Waals surface area contributed by atoms with Crippen molar-refractivity contribution in [1.82, 2.24) is 4.98 Å². The van der Waals surface area contributed by atoms with Gasteiger partial charge >= 0.3 is 0 Å². The van der Waals surface area contributed by atoms with E-state index < -0.39 is 0 Å². The van der Waals surface area contributed by atoms with Crippen molar-refractivity contribution in [2.75, 3.05) is 18.0 Å². The average molecular weight is 320 g/mol. The lowest BCUT2D eigenvalue weighted by molar-refractivity contribution is 0.808. The molecule has 2 N–H and O–H groups in total. The number of nitrogens with two attached hydrogens (primary N) is 1. The minimum Gasteiger partial charge on any atom is -0.330 e. The van der Waals surface area contributed by atoms with Crippen LogP contribution in [0.2, 0.25) is 0 Å². The van der Waals surface area contributed by atoms with Crippen LogP contribution in [-0.2, 0) is 0 Å². The fraction of sp³-hybridized carbons (Fsp3) is 0.267. The number of hydrogen-bond acceptors (Lipinski definition) is 3. The van der Waals surface area contributed by atoms with Gasteiger partial charge in [0.2, 0.25) is 0 Å². The fourth-order valence-electron chi connectivity index (χ4n) is 1.98. The van der Waals surface area contributed by atoms with E-state index in [-0.39, 0.29) is 0 Å². The molecule has 0 aliphatic heterocycles. The summed E-state index contributed by atoms with van der Waals surface area (Å²) >= 11 is 3.57. The number of benzene rings is 1. The van der Waals surface area contributed by atoms with E-state index in [1.54, 1.807) is 0 Å².